The molecule has 0 unspecified atom stereocenters. The van der Waals surface area contributed by atoms with Crippen LogP contribution in [0.25, 0.3) is 0 Å². The molecule has 0 spiro atoms. The first kappa shape index (κ1) is 19.4. The minimum Gasteiger partial charge on any atom is -0.453 e. The number of piperazine rings is 1. The number of ether oxygens (including phenoxy) is 1. The number of hydrogen-bond acceptors (Lipinski definition) is 8. The molecule has 154 valence electrons. The standard InChI is InChI=1S/C20H27N7O2/c1-15-5-6-21-20(22-15)29-14-19(28)27-11-9-26(10-12-27)18-13-17(23-16(2)24-18)25-7-3-4-8-25/h5-6,13H,3-4,7-12,14H2,1-2H3. The van der Waals surface area contributed by atoms with Gasteiger partial charge in [0, 0.05) is 57.2 Å². The van der Waals surface area contributed by atoms with Gasteiger partial charge in [-0.05, 0) is 32.8 Å². The van der Waals surface area contributed by atoms with Crippen LogP contribution in [0.3, 0.4) is 0 Å². The number of amides is 1. The predicted octanol–water partition coefficient (Wildman–Crippen LogP) is 1.21. The minimum atomic E-state index is -0.0496. The maximum atomic E-state index is 12.5. The smallest absolute Gasteiger partial charge is 0.317 e. The average Bonchev–Trinajstić information content (AvgIpc) is 3.27. The van der Waals surface area contributed by atoms with Crippen molar-refractivity contribution < 1.29 is 9.53 Å². The summed E-state index contributed by atoms with van der Waals surface area (Å²) in [5.74, 6) is 2.69. The summed E-state index contributed by atoms with van der Waals surface area (Å²) in [7, 11) is 0. The maximum Gasteiger partial charge on any atom is 0.317 e. The van der Waals surface area contributed by atoms with E-state index in [1.165, 1.54) is 12.8 Å². The van der Waals surface area contributed by atoms with Crippen molar-refractivity contribution in [3.05, 3.63) is 29.8 Å². The zero-order valence-electron chi connectivity index (χ0n) is 17.0. The van der Waals surface area contributed by atoms with E-state index in [1.807, 2.05) is 18.7 Å². The van der Waals surface area contributed by atoms with E-state index in [1.54, 1.807) is 12.3 Å². The van der Waals surface area contributed by atoms with Crippen molar-refractivity contribution in [1.29, 1.82) is 0 Å². The Balaban J connectivity index is 1.32. The van der Waals surface area contributed by atoms with Gasteiger partial charge in [0.1, 0.15) is 17.5 Å². The molecule has 2 aromatic heterocycles. The van der Waals surface area contributed by atoms with Gasteiger partial charge in [-0.1, -0.05) is 0 Å². The summed E-state index contributed by atoms with van der Waals surface area (Å²) in [5, 5.41) is 0. The van der Waals surface area contributed by atoms with Crippen molar-refractivity contribution >= 4 is 17.5 Å². The molecule has 0 N–H and O–H groups in total. The van der Waals surface area contributed by atoms with E-state index in [4.69, 9.17) is 4.74 Å². The Bertz CT molecular complexity index is 862. The zero-order valence-corrected chi connectivity index (χ0v) is 17.0. The van der Waals surface area contributed by atoms with Crippen LogP contribution in [0.4, 0.5) is 11.6 Å². The Morgan fingerprint density at radius 3 is 2.28 bits per heavy atom. The molecule has 0 aromatic carbocycles. The number of rotatable bonds is 5. The number of anilines is 2. The monoisotopic (exact) mass is 397 g/mol. The van der Waals surface area contributed by atoms with Crippen LogP contribution in [0.2, 0.25) is 0 Å². The normalized spacial score (nSPS) is 17.0. The lowest BCUT2D eigenvalue weighted by molar-refractivity contribution is -0.133. The molecular formula is C20H27N7O2. The van der Waals surface area contributed by atoms with Crippen LogP contribution >= 0.6 is 0 Å². The molecule has 0 radical (unpaired) electrons. The van der Waals surface area contributed by atoms with Crippen LogP contribution < -0.4 is 14.5 Å². The second-order valence-electron chi connectivity index (χ2n) is 7.46. The van der Waals surface area contributed by atoms with Crippen molar-refractivity contribution in [2.24, 2.45) is 0 Å². The molecule has 0 bridgehead atoms. The summed E-state index contributed by atoms with van der Waals surface area (Å²) < 4.78 is 5.45. The van der Waals surface area contributed by atoms with Gasteiger partial charge in [0.15, 0.2) is 6.61 Å². The molecule has 2 aliphatic rings. The first-order valence-electron chi connectivity index (χ1n) is 10.1. The highest BCUT2D eigenvalue weighted by Gasteiger charge is 2.24. The lowest BCUT2D eigenvalue weighted by Gasteiger charge is -2.35. The van der Waals surface area contributed by atoms with E-state index in [0.29, 0.717) is 13.1 Å². The number of carbonyl (C=O) groups excluding carboxylic acids is 1. The number of hydrogen-bond donors (Lipinski definition) is 0. The highest BCUT2D eigenvalue weighted by atomic mass is 16.5. The average molecular weight is 397 g/mol. The Morgan fingerprint density at radius 2 is 1.62 bits per heavy atom. The number of nitrogens with zero attached hydrogens (tertiary/aromatic N) is 7. The van der Waals surface area contributed by atoms with Gasteiger partial charge >= 0.3 is 6.01 Å². The topological polar surface area (TPSA) is 87.6 Å². The molecule has 2 saturated heterocycles. The molecular weight excluding hydrogens is 370 g/mol. The van der Waals surface area contributed by atoms with Gasteiger partial charge in [-0.25, -0.2) is 19.9 Å². The van der Waals surface area contributed by atoms with E-state index in [9.17, 15) is 4.79 Å². The third-order valence-corrected chi connectivity index (χ3v) is 5.29. The summed E-state index contributed by atoms with van der Waals surface area (Å²) in [6.45, 7) is 8.62. The van der Waals surface area contributed by atoms with Crippen LogP contribution in [0.5, 0.6) is 6.01 Å². The highest BCUT2D eigenvalue weighted by Crippen LogP contribution is 2.23. The molecule has 0 atom stereocenters. The van der Waals surface area contributed by atoms with Crippen LogP contribution in [-0.4, -0.2) is 76.6 Å². The lowest BCUT2D eigenvalue weighted by atomic mass is 10.3. The van der Waals surface area contributed by atoms with Crippen molar-refractivity contribution in [1.82, 2.24) is 24.8 Å². The largest absolute Gasteiger partial charge is 0.453 e. The summed E-state index contributed by atoms with van der Waals surface area (Å²) >= 11 is 0. The molecule has 2 aliphatic heterocycles. The third kappa shape index (κ3) is 4.72. The van der Waals surface area contributed by atoms with Gasteiger partial charge in [-0.2, -0.15) is 0 Å². The van der Waals surface area contributed by atoms with Gasteiger partial charge in [-0.3, -0.25) is 4.79 Å². The molecule has 9 nitrogen and oxygen atoms in total. The summed E-state index contributed by atoms with van der Waals surface area (Å²) in [5.41, 5.74) is 0.810. The Kier molecular flexibility index (Phi) is 5.73. The Morgan fingerprint density at radius 1 is 0.966 bits per heavy atom. The minimum absolute atomic E-state index is 0.0465. The molecule has 1 amide bonds. The molecule has 2 fully saturated rings. The number of aryl methyl sites for hydroxylation is 2. The summed E-state index contributed by atoms with van der Waals surface area (Å²) in [6, 6.07) is 4.11. The fourth-order valence-electron chi connectivity index (χ4n) is 3.70. The van der Waals surface area contributed by atoms with Gasteiger partial charge in [0.2, 0.25) is 0 Å². The van der Waals surface area contributed by atoms with Crippen molar-refractivity contribution in [3.8, 4) is 6.01 Å². The molecule has 0 saturated carbocycles. The van der Waals surface area contributed by atoms with Crippen LogP contribution in [0.15, 0.2) is 18.3 Å². The van der Waals surface area contributed by atoms with E-state index in [2.05, 4.69) is 35.8 Å². The molecule has 29 heavy (non-hydrogen) atoms. The molecule has 4 heterocycles. The fourth-order valence-corrected chi connectivity index (χ4v) is 3.70. The summed E-state index contributed by atoms with van der Waals surface area (Å²) in [6.07, 6.45) is 4.06. The van der Waals surface area contributed by atoms with E-state index in [0.717, 1.165) is 49.3 Å². The molecule has 4 rings (SSSR count). The van der Waals surface area contributed by atoms with E-state index < -0.39 is 0 Å². The van der Waals surface area contributed by atoms with Crippen molar-refractivity contribution in [3.63, 3.8) is 0 Å². The first-order chi connectivity index (χ1) is 14.1. The van der Waals surface area contributed by atoms with Crippen molar-refractivity contribution in [2.75, 3.05) is 55.7 Å². The van der Waals surface area contributed by atoms with Crippen LogP contribution in [-0.2, 0) is 4.79 Å². The number of aromatic nitrogens is 4. The predicted molar refractivity (Wildman–Crippen MR) is 109 cm³/mol. The molecule has 9 heteroatoms. The maximum absolute atomic E-state index is 12.5. The fraction of sp³-hybridized carbons (Fsp3) is 0.550. The molecule has 2 aromatic rings. The van der Waals surface area contributed by atoms with Gasteiger partial charge in [0.25, 0.3) is 5.91 Å². The molecule has 0 aliphatic carbocycles. The second-order valence-corrected chi connectivity index (χ2v) is 7.46. The van der Waals surface area contributed by atoms with Gasteiger partial charge < -0.3 is 19.4 Å². The quantitative estimate of drug-likeness (QED) is 0.744. The lowest BCUT2D eigenvalue weighted by Crippen LogP contribution is -2.50. The first-order valence-corrected chi connectivity index (χ1v) is 10.1. The highest BCUT2D eigenvalue weighted by molar-refractivity contribution is 5.78. The Labute approximate surface area is 170 Å². The number of carbonyl (C=O) groups is 1. The Hall–Kier alpha value is -2.97. The second kappa shape index (κ2) is 8.59. The zero-order chi connectivity index (χ0) is 20.2. The van der Waals surface area contributed by atoms with E-state index in [-0.39, 0.29) is 18.5 Å². The third-order valence-electron chi connectivity index (χ3n) is 5.29. The van der Waals surface area contributed by atoms with Gasteiger partial charge in [0.05, 0.1) is 0 Å². The van der Waals surface area contributed by atoms with Crippen molar-refractivity contribution in [2.45, 2.75) is 26.7 Å². The van der Waals surface area contributed by atoms with Crippen LogP contribution in [0.1, 0.15) is 24.4 Å². The SMILES string of the molecule is Cc1ccnc(OCC(=O)N2CCN(c3cc(N4CCCC4)nc(C)n3)CC2)n1. The van der Waals surface area contributed by atoms with Gasteiger partial charge in [-0.15, -0.1) is 0 Å². The van der Waals surface area contributed by atoms with Crippen LogP contribution in [0, 0.1) is 13.8 Å². The summed E-state index contributed by atoms with van der Waals surface area (Å²) in [4.78, 5) is 36.3. The van der Waals surface area contributed by atoms with E-state index >= 15 is 0 Å².